The number of carbonyl (C=O) groups excluding carboxylic acids is 1. The van der Waals surface area contributed by atoms with Crippen LogP contribution < -0.4 is 5.32 Å². The molecule has 1 atom stereocenters. The van der Waals surface area contributed by atoms with Crippen LogP contribution in [-0.2, 0) is 14.3 Å². The highest BCUT2D eigenvalue weighted by molar-refractivity contribution is 5.77. The Morgan fingerprint density at radius 2 is 2.21 bits per heavy atom. The first-order valence-corrected chi connectivity index (χ1v) is 6.25. The van der Waals surface area contributed by atoms with E-state index < -0.39 is 6.04 Å². The Balaban J connectivity index is 2.87. The highest BCUT2D eigenvalue weighted by atomic mass is 19.1. The van der Waals surface area contributed by atoms with E-state index in [2.05, 4.69) is 5.32 Å². The van der Waals surface area contributed by atoms with Crippen molar-refractivity contribution >= 4 is 5.97 Å². The minimum absolute atomic E-state index is 0.289. The lowest BCUT2D eigenvalue weighted by Crippen LogP contribution is -2.32. The number of hydrogen-bond acceptors (Lipinski definition) is 4. The predicted octanol–water partition coefficient (Wildman–Crippen LogP) is 1.97. The number of rotatable bonds is 7. The van der Waals surface area contributed by atoms with Crippen molar-refractivity contribution in [2.75, 3.05) is 26.9 Å². The van der Waals surface area contributed by atoms with Crippen LogP contribution in [0.25, 0.3) is 0 Å². The summed E-state index contributed by atoms with van der Waals surface area (Å²) in [4.78, 5) is 11.9. The van der Waals surface area contributed by atoms with E-state index in [1.165, 1.54) is 6.07 Å². The van der Waals surface area contributed by atoms with Gasteiger partial charge in [0.25, 0.3) is 0 Å². The van der Waals surface area contributed by atoms with E-state index in [4.69, 9.17) is 9.47 Å². The first kappa shape index (κ1) is 15.6. The Labute approximate surface area is 112 Å². The Morgan fingerprint density at radius 3 is 2.79 bits per heavy atom. The van der Waals surface area contributed by atoms with Gasteiger partial charge in [0.05, 0.1) is 13.2 Å². The number of halogens is 1. The summed E-state index contributed by atoms with van der Waals surface area (Å²) in [6.07, 6.45) is 0. The molecule has 1 aromatic carbocycles. The summed E-state index contributed by atoms with van der Waals surface area (Å²) >= 11 is 0. The smallest absolute Gasteiger partial charge is 0.327 e. The van der Waals surface area contributed by atoms with Crippen LogP contribution in [0.3, 0.4) is 0 Å². The predicted molar refractivity (Wildman–Crippen MR) is 70.4 cm³/mol. The van der Waals surface area contributed by atoms with Crippen LogP contribution in [0.5, 0.6) is 0 Å². The third-order valence-electron chi connectivity index (χ3n) is 2.69. The van der Waals surface area contributed by atoms with Crippen molar-refractivity contribution in [2.45, 2.75) is 19.9 Å². The minimum atomic E-state index is -0.602. The zero-order valence-electron chi connectivity index (χ0n) is 11.5. The third kappa shape index (κ3) is 4.61. The van der Waals surface area contributed by atoms with Crippen LogP contribution in [-0.4, -0.2) is 32.8 Å². The minimum Gasteiger partial charge on any atom is -0.465 e. The van der Waals surface area contributed by atoms with Gasteiger partial charge in [0.1, 0.15) is 11.9 Å². The molecule has 1 rings (SSSR count). The van der Waals surface area contributed by atoms with Crippen LogP contribution in [0.4, 0.5) is 4.39 Å². The van der Waals surface area contributed by atoms with Gasteiger partial charge in [0, 0.05) is 13.7 Å². The summed E-state index contributed by atoms with van der Waals surface area (Å²) in [7, 11) is 1.59. The summed E-state index contributed by atoms with van der Waals surface area (Å²) in [5, 5.41) is 3.05. The van der Waals surface area contributed by atoms with Crippen molar-refractivity contribution in [3.05, 3.63) is 35.1 Å². The molecule has 1 aromatic rings. The molecular weight excluding hydrogens is 249 g/mol. The van der Waals surface area contributed by atoms with E-state index in [0.29, 0.717) is 30.9 Å². The van der Waals surface area contributed by atoms with Gasteiger partial charge < -0.3 is 9.47 Å². The zero-order chi connectivity index (χ0) is 14.3. The summed E-state index contributed by atoms with van der Waals surface area (Å²) in [5.41, 5.74) is 1.19. The Bertz CT molecular complexity index is 423. The maximum Gasteiger partial charge on any atom is 0.327 e. The highest BCUT2D eigenvalue weighted by Crippen LogP contribution is 2.18. The number of hydrogen-bond donors (Lipinski definition) is 1. The monoisotopic (exact) mass is 269 g/mol. The number of ether oxygens (including phenoxy) is 2. The maximum atomic E-state index is 13.3. The van der Waals surface area contributed by atoms with Crippen LogP contribution >= 0.6 is 0 Å². The van der Waals surface area contributed by atoms with Gasteiger partial charge in [-0.15, -0.1) is 0 Å². The second kappa shape index (κ2) is 7.86. The molecule has 0 aliphatic rings. The van der Waals surface area contributed by atoms with Gasteiger partial charge in [-0.3, -0.25) is 5.32 Å². The summed E-state index contributed by atoms with van der Waals surface area (Å²) in [6.45, 7) is 4.71. The standard InChI is InChI=1S/C14H20FNO3/c1-4-19-14(17)13(16-7-8-18-3)11-5-6-12(15)10(2)9-11/h5-6,9,13,16H,4,7-8H2,1-3H3. The Kier molecular flexibility index (Phi) is 6.45. The van der Waals surface area contributed by atoms with E-state index in [-0.39, 0.29) is 11.8 Å². The fourth-order valence-corrected chi connectivity index (χ4v) is 1.72. The van der Waals surface area contributed by atoms with Crippen molar-refractivity contribution < 1.29 is 18.7 Å². The number of benzene rings is 1. The second-order valence-corrected chi connectivity index (χ2v) is 4.14. The molecular formula is C14H20FNO3. The van der Waals surface area contributed by atoms with E-state index in [1.54, 1.807) is 33.1 Å². The second-order valence-electron chi connectivity index (χ2n) is 4.14. The van der Waals surface area contributed by atoms with Gasteiger partial charge in [0.15, 0.2) is 0 Å². The lowest BCUT2D eigenvalue weighted by molar-refractivity contribution is -0.145. The molecule has 0 aliphatic heterocycles. The quantitative estimate of drug-likeness (QED) is 0.607. The third-order valence-corrected chi connectivity index (χ3v) is 2.69. The van der Waals surface area contributed by atoms with E-state index >= 15 is 0 Å². The molecule has 1 N–H and O–H groups in total. The maximum absolute atomic E-state index is 13.3. The van der Waals surface area contributed by atoms with Gasteiger partial charge >= 0.3 is 5.97 Å². The molecule has 0 aliphatic carbocycles. The molecule has 19 heavy (non-hydrogen) atoms. The zero-order valence-corrected chi connectivity index (χ0v) is 11.5. The number of esters is 1. The molecule has 0 amide bonds. The Morgan fingerprint density at radius 1 is 1.47 bits per heavy atom. The van der Waals surface area contributed by atoms with Gasteiger partial charge in [-0.2, -0.15) is 0 Å². The van der Waals surface area contributed by atoms with Crippen LogP contribution in [0.2, 0.25) is 0 Å². The van der Waals surface area contributed by atoms with Gasteiger partial charge in [-0.25, -0.2) is 9.18 Å². The lowest BCUT2D eigenvalue weighted by Gasteiger charge is -2.18. The molecule has 0 heterocycles. The van der Waals surface area contributed by atoms with Crippen molar-refractivity contribution in [1.29, 1.82) is 0 Å². The molecule has 0 spiro atoms. The molecule has 0 radical (unpaired) electrons. The molecule has 0 aromatic heterocycles. The fraction of sp³-hybridized carbons (Fsp3) is 0.500. The summed E-state index contributed by atoms with van der Waals surface area (Å²) < 4.78 is 23.2. The SMILES string of the molecule is CCOC(=O)C(NCCOC)c1ccc(F)c(C)c1. The van der Waals surface area contributed by atoms with Gasteiger partial charge in [-0.1, -0.05) is 12.1 Å². The summed E-state index contributed by atoms with van der Waals surface area (Å²) in [6, 6.07) is 3.99. The van der Waals surface area contributed by atoms with Crippen molar-refractivity contribution in [1.82, 2.24) is 5.32 Å². The van der Waals surface area contributed by atoms with Crippen molar-refractivity contribution in [2.24, 2.45) is 0 Å². The normalized spacial score (nSPS) is 12.2. The van der Waals surface area contributed by atoms with Gasteiger partial charge in [0.2, 0.25) is 0 Å². The van der Waals surface area contributed by atoms with E-state index in [9.17, 15) is 9.18 Å². The van der Waals surface area contributed by atoms with Crippen molar-refractivity contribution in [3.8, 4) is 0 Å². The molecule has 0 bridgehead atoms. The summed E-state index contributed by atoms with van der Waals surface area (Å²) in [5.74, 6) is -0.659. The molecule has 4 nitrogen and oxygen atoms in total. The fourth-order valence-electron chi connectivity index (χ4n) is 1.72. The average molecular weight is 269 g/mol. The number of carbonyl (C=O) groups is 1. The van der Waals surface area contributed by atoms with Gasteiger partial charge in [-0.05, 0) is 31.0 Å². The highest BCUT2D eigenvalue weighted by Gasteiger charge is 2.21. The average Bonchev–Trinajstić information content (AvgIpc) is 2.38. The lowest BCUT2D eigenvalue weighted by atomic mass is 10.0. The van der Waals surface area contributed by atoms with Crippen molar-refractivity contribution in [3.63, 3.8) is 0 Å². The van der Waals surface area contributed by atoms with Crippen LogP contribution in [0.15, 0.2) is 18.2 Å². The Hall–Kier alpha value is -1.46. The van der Waals surface area contributed by atoms with E-state index in [0.717, 1.165) is 0 Å². The molecule has 106 valence electrons. The molecule has 0 saturated heterocycles. The largest absolute Gasteiger partial charge is 0.465 e. The number of nitrogens with one attached hydrogen (secondary N) is 1. The molecule has 5 heteroatoms. The first-order valence-electron chi connectivity index (χ1n) is 6.25. The van der Waals surface area contributed by atoms with Crippen LogP contribution in [0, 0.1) is 12.7 Å². The van der Waals surface area contributed by atoms with Crippen LogP contribution in [0.1, 0.15) is 24.1 Å². The molecule has 0 fully saturated rings. The topological polar surface area (TPSA) is 47.6 Å². The first-order chi connectivity index (χ1) is 9.10. The molecule has 1 unspecified atom stereocenters. The number of aryl methyl sites for hydroxylation is 1. The molecule has 0 saturated carbocycles. The van der Waals surface area contributed by atoms with E-state index in [1.807, 2.05) is 0 Å². The number of methoxy groups -OCH3 is 1.